The van der Waals surface area contributed by atoms with Gasteiger partial charge < -0.3 is 4.98 Å². The molecule has 5 aromatic rings. The second-order valence-corrected chi connectivity index (χ2v) is 14.8. The van der Waals surface area contributed by atoms with Crippen molar-refractivity contribution in [3.8, 4) is 0 Å². The van der Waals surface area contributed by atoms with Gasteiger partial charge in [0.05, 0.1) is 27.7 Å². The maximum atomic E-state index is 14.2. The highest BCUT2D eigenvalue weighted by atomic mass is 32.2. The molecule has 0 spiro atoms. The van der Waals surface area contributed by atoms with Crippen molar-refractivity contribution in [3.05, 3.63) is 147 Å². The van der Waals surface area contributed by atoms with Crippen LogP contribution in [0.5, 0.6) is 0 Å². The number of hydrogen-bond donors (Lipinski definition) is 3. The molecule has 0 unspecified atom stereocenters. The molecule has 0 saturated heterocycles. The Morgan fingerprint density at radius 3 is 1.69 bits per heavy atom. The van der Waals surface area contributed by atoms with Crippen molar-refractivity contribution in [2.45, 2.75) is 93.6 Å². The Balaban J connectivity index is 0.000000237. The van der Waals surface area contributed by atoms with Gasteiger partial charge in [0, 0.05) is 15.4 Å². The number of aromatic amines is 3. The molecule has 0 fully saturated rings. The van der Waals surface area contributed by atoms with Crippen molar-refractivity contribution in [1.29, 1.82) is 0 Å². The summed E-state index contributed by atoms with van der Waals surface area (Å²) in [6, 6.07) is 15.2. The van der Waals surface area contributed by atoms with E-state index >= 15 is 0 Å². The average Bonchev–Trinajstić information content (AvgIpc) is 2.95. The van der Waals surface area contributed by atoms with Gasteiger partial charge in [-0.15, -0.1) is 0 Å². The van der Waals surface area contributed by atoms with Gasteiger partial charge in [-0.05, 0) is 104 Å². The van der Waals surface area contributed by atoms with Gasteiger partial charge in [0.15, 0.2) is 0 Å². The molecule has 0 aliphatic rings. The topological polar surface area (TPSA) is 121 Å². The summed E-state index contributed by atoms with van der Waals surface area (Å²) in [6.07, 6.45) is 0. The SMILES string of the molecule is Cc1cc(C)cc(Sc2[nH]c(=O)[nH]c(=O)c2C(C)C)c1.Cc1cc(C)cc(Sc2c(C(C)C)c(=O)[nH]c(=O)n2Cc2cc(F)ccc2F)c1. The number of halogens is 2. The Kier molecular flexibility index (Phi) is 12.1. The second kappa shape index (κ2) is 15.9. The van der Waals surface area contributed by atoms with E-state index in [1.807, 2.05) is 85.7 Å². The molecule has 0 amide bonds. The molecular weight excluding hydrogens is 667 g/mol. The van der Waals surface area contributed by atoms with Crippen LogP contribution in [0.25, 0.3) is 0 Å². The zero-order valence-corrected chi connectivity index (χ0v) is 30.3. The van der Waals surface area contributed by atoms with Crippen LogP contribution in [0.15, 0.2) is 93.6 Å². The third kappa shape index (κ3) is 9.60. The Hall–Kier alpha value is -4.42. The lowest BCUT2D eigenvalue weighted by Gasteiger charge is -2.18. The first-order valence-electron chi connectivity index (χ1n) is 15.7. The number of benzene rings is 3. The summed E-state index contributed by atoms with van der Waals surface area (Å²) in [5.41, 5.74) is 3.61. The van der Waals surface area contributed by atoms with Crippen LogP contribution in [0.2, 0.25) is 0 Å². The predicted octanol–water partition coefficient (Wildman–Crippen LogP) is 7.71. The maximum Gasteiger partial charge on any atom is 0.329 e. The van der Waals surface area contributed by atoms with Crippen molar-refractivity contribution in [1.82, 2.24) is 19.5 Å². The number of aromatic nitrogens is 4. The van der Waals surface area contributed by atoms with E-state index in [1.54, 1.807) is 0 Å². The minimum Gasteiger partial charge on any atom is -0.301 e. The summed E-state index contributed by atoms with van der Waals surface area (Å²) in [4.78, 5) is 57.8. The predicted molar refractivity (Wildman–Crippen MR) is 193 cm³/mol. The third-order valence-electron chi connectivity index (χ3n) is 7.44. The largest absolute Gasteiger partial charge is 0.329 e. The second-order valence-electron chi connectivity index (χ2n) is 12.6. The normalized spacial score (nSPS) is 11.2. The van der Waals surface area contributed by atoms with Crippen molar-refractivity contribution < 1.29 is 8.78 Å². The lowest BCUT2D eigenvalue weighted by molar-refractivity contribution is 0.554. The first-order chi connectivity index (χ1) is 23.0. The van der Waals surface area contributed by atoms with Gasteiger partial charge in [0.1, 0.15) is 11.6 Å². The van der Waals surface area contributed by atoms with Crippen molar-refractivity contribution in [2.75, 3.05) is 0 Å². The summed E-state index contributed by atoms with van der Waals surface area (Å²) >= 11 is 2.71. The number of nitrogens with zero attached hydrogens (tertiary/aromatic N) is 1. The van der Waals surface area contributed by atoms with E-state index in [0.29, 0.717) is 21.2 Å². The molecule has 3 aromatic carbocycles. The first kappa shape index (κ1) is 37.4. The van der Waals surface area contributed by atoms with E-state index in [1.165, 1.54) is 28.1 Å². The molecule has 12 heteroatoms. The standard InChI is InChI=1S/C22H22F2N2O2S.C15H18N2O2S/c1-12(2)19-20(27)25-22(28)26(11-15-10-16(23)5-6-18(15)24)21(19)29-17-8-13(3)7-14(4)9-17;1-8(2)12-13(18)16-15(19)17-14(12)20-11-6-9(3)5-10(4)7-11/h5-10,12H,11H2,1-4H3,(H,25,27,28);5-8H,1-4H3,(H2,16,17,18,19). The molecule has 2 heterocycles. The van der Waals surface area contributed by atoms with Crippen LogP contribution < -0.4 is 22.5 Å². The lowest BCUT2D eigenvalue weighted by Crippen LogP contribution is -2.35. The fraction of sp³-hybridized carbons (Fsp3) is 0.297. The van der Waals surface area contributed by atoms with Gasteiger partial charge in [-0.1, -0.05) is 63.4 Å². The van der Waals surface area contributed by atoms with Crippen molar-refractivity contribution in [3.63, 3.8) is 0 Å². The van der Waals surface area contributed by atoms with Gasteiger partial charge in [-0.25, -0.2) is 18.4 Å². The molecule has 0 radical (unpaired) electrons. The minimum atomic E-state index is -0.657. The van der Waals surface area contributed by atoms with E-state index in [4.69, 9.17) is 0 Å². The molecule has 0 saturated carbocycles. The maximum absolute atomic E-state index is 14.2. The fourth-order valence-electron chi connectivity index (χ4n) is 5.46. The van der Waals surface area contributed by atoms with Crippen LogP contribution in [0.4, 0.5) is 8.78 Å². The highest BCUT2D eigenvalue weighted by molar-refractivity contribution is 7.99. The van der Waals surface area contributed by atoms with Crippen LogP contribution in [-0.4, -0.2) is 19.5 Å². The molecule has 3 N–H and O–H groups in total. The van der Waals surface area contributed by atoms with Gasteiger partial charge in [-0.2, -0.15) is 0 Å². The number of hydrogen-bond acceptors (Lipinski definition) is 6. The van der Waals surface area contributed by atoms with Crippen LogP contribution in [0.1, 0.15) is 78.5 Å². The lowest BCUT2D eigenvalue weighted by atomic mass is 10.1. The molecule has 2 aromatic heterocycles. The molecular formula is C37H40F2N4O4S2. The summed E-state index contributed by atoms with van der Waals surface area (Å²) in [6.45, 7) is 15.4. The first-order valence-corrected chi connectivity index (χ1v) is 17.3. The number of rotatable bonds is 8. The van der Waals surface area contributed by atoms with Crippen molar-refractivity contribution in [2.24, 2.45) is 0 Å². The summed E-state index contributed by atoms with van der Waals surface area (Å²) in [7, 11) is 0. The highest BCUT2D eigenvalue weighted by Gasteiger charge is 2.20. The van der Waals surface area contributed by atoms with E-state index < -0.39 is 28.6 Å². The Morgan fingerprint density at radius 2 is 1.16 bits per heavy atom. The molecule has 0 bridgehead atoms. The Labute approximate surface area is 291 Å². The number of nitrogens with one attached hydrogen (secondary N) is 3. The van der Waals surface area contributed by atoms with Crippen LogP contribution in [-0.2, 0) is 6.54 Å². The molecule has 0 aliphatic heterocycles. The molecule has 258 valence electrons. The van der Waals surface area contributed by atoms with E-state index in [9.17, 15) is 28.0 Å². The zero-order valence-electron chi connectivity index (χ0n) is 28.7. The van der Waals surface area contributed by atoms with Gasteiger partial charge >= 0.3 is 11.4 Å². The average molecular weight is 707 g/mol. The van der Waals surface area contributed by atoms with Crippen LogP contribution in [0, 0.1) is 39.3 Å². The van der Waals surface area contributed by atoms with E-state index in [0.717, 1.165) is 50.2 Å². The smallest absolute Gasteiger partial charge is 0.301 e. The molecule has 0 atom stereocenters. The van der Waals surface area contributed by atoms with Crippen LogP contribution in [0.3, 0.4) is 0 Å². The summed E-state index contributed by atoms with van der Waals surface area (Å²) < 4.78 is 29.2. The zero-order chi connectivity index (χ0) is 36.2. The quantitative estimate of drug-likeness (QED) is 0.142. The molecule has 49 heavy (non-hydrogen) atoms. The summed E-state index contributed by atoms with van der Waals surface area (Å²) in [5.74, 6) is -1.33. The Bertz CT molecular complexity index is 2200. The molecule has 8 nitrogen and oxygen atoms in total. The third-order valence-corrected chi connectivity index (χ3v) is 9.55. The van der Waals surface area contributed by atoms with Gasteiger partial charge in [0.25, 0.3) is 11.1 Å². The molecule has 0 aliphatic carbocycles. The summed E-state index contributed by atoms with van der Waals surface area (Å²) in [5, 5.41) is 1.06. The van der Waals surface area contributed by atoms with Crippen molar-refractivity contribution >= 4 is 23.5 Å². The van der Waals surface area contributed by atoms with Gasteiger partial charge in [0.2, 0.25) is 0 Å². The molecule has 5 rings (SSSR count). The van der Waals surface area contributed by atoms with E-state index in [-0.39, 0.29) is 29.5 Å². The number of aryl methyl sites for hydroxylation is 4. The number of H-pyrrole nitrogens is 3. The fourth-order valence-corrected chi connectivity index (χ4v) is 8.17. The highest BCUT2D eigenvalue weighted by Crippen LogP contribution is 2.33. The minimum absolute atomic E-state index is 0.0381. The monoisotopic (exact) mass is 706 g/mol. The van der Waals surface area contributed by atoms with Gasteiger partial charge in [-0.3, -0.25) is 24.1 Å². The van der Waals surface area contributed by atoms with E-state index in [2.05, 4.69) is 21.0 Å². The Morgan fingerprint density at radius 1 is 0.653 bits per heavy atom. The van der Waals surface area contributed by atoms with Crippen LogP contribution >= 0.6 is 23.5 Å².